The zero-order valence-corrected chi connectivity index (χ0v) is 8.59. The monoisotopic (exact) mass is 224 g/mol. The van der Waals surface area contributed by atoms with E-state index in [0.717, 1.165) is 15.9 Å². The van der Waals surface area contributed by atoms with Gasteiger partial charge in [0, 0.05) is 6.20 Å². The molecule has 0 bridgehead atoms. The third-order valence-corrected chi connectivity index (χ3v) is 2.50. The Bertz CT molecular complexity index is 431. The van der Waals surface area contributed by atoms with Crippen LogP contribution in [-0.4, -0.2) is 9.38 Å². The molecule has 0 fully saturated rings. The maximum atomic E-state index is 4.31. The molecule has 0 unspecified atom stereocenters. The van der Waals surface area contributed by atoms with Crippen LogP contribution in [0.15, 0.2) is 22.9 Å². The second kappa shape index (κ2) is 2.59. The Balaban J connectivity index is 2.90. The van der Waals surface area contributed by atoms with Crippen LogP contribution in [0, 0.1) is 13.8 Å². The SMILES string of the molecule is Cc1ccc2c(Br)nc(C)n2c1. The number of hydrogen-bond donors (Lipinski definition) is 0. The summed E-state index contributed by atoms with van der Waals surface area (Å²) in [6.07, 6.45) is 2.09. The summed E-state index contributed by atoms with van der Waals surface area (Å²) in [6, 6.07) is 4.15. The molecular weight excluding hydrogens is 216 g/mol. The highest BCUT2D eigenvalue weighted by atomic mass is 79.9. The van der Waals surface area contributed by atoms with E-state index in [-0.39, 0.29) is 0 Å². The van der Waals surface area contributed by atoms with Gasteiger partial charge < -0.3 is 4.40 Å². The van der Waals surface area contributed by atoms with Crippen LogP contribution in [0.3, 0.4) is 0 Å². The summed E-state index contributed by atoms with van der Waals surface area (Å²) in [4.78, 5) is 4.31. The Hall–Kier alpha value is -0.830. The van der Waals surface area contributed by atoms with Crippen molar-refractivity contribution in [3.63, 3.8) is 0 Å². The summed E-state index contributed by atoms with van der Waals surface area (Å²) in [5.41, 5.74) is 2.37. The van der Waals surface area contributed by atoms with Crippen LogP contribution in [0.1, 0.15) is 11.4 Å². The molecular formula is C9H9BrN2. The zero-order chi connectivity index (χ0) is 8.72. The van der Waals surface area contributed by atoms with Gasteiger partial charge in [-0.05, 0) is 41.4 Å². The third kappa shape index (κ3) is 1.05. The predicted octanol–water partition coefficient (Wildman–Crippen LogP) is 2.71. The molecule has 0 amide bonds. The van der Waals surface area contributed by atoms with Crippen molar-refractivity contribution in [3.8, 4) is 0 Å². The van der Waals surface area contributed by atoms with Gasteiger partial charge in [-0.25, -0.2) is 4.98 Å². The standard InChI is InChI=1S/C9H9BrN2/c1-6-3-4-8-9(10)11-7(2)12(8)5-6/h3-5H,1-2H3. The molecule has 2 aromatic rings. The minimum absolute atomic E-state index is 0.917. The molecule has 0 saturated heterocycles. The summed E-state index contributed by atoms with van der Waals surface area (Å²) in [5.74, 6) is 1.01. The van der Waals surface area contributed by atoms with Crippen molar-refractivity contribution in [1.29, 1.82) is 0 Å². The molecule has 2 nitrogen and oxygen atoms in total. The topological polar surface area (TPSA) is 17.3 Å². The number of fused-ring (bicyclic) bond motifs is 1. The van der Waals surface area contributed by atoms with E-state index in [1.165, 1.54) is 5.56 Å². The Labute approximate surface area is 79.4 Å². The molecule has 0 radical (unpaired) electrons. The van der Waals surface area contributed by atoms with Gasteiger partial charge in [-0.15, -0.1) is 0 Å². The van der Waals surface area contributed by atoms with Gasteiger partial charge in [0.2, 0.25) is 0 Å². The maximum Gasteiger partial charge on any atom is 0.132 e. The van der Waals surface area contributed by atoms with Crippen molar-refractivity contribution < 1.29 is 0 Å². The van der Waals surface area contributed by atoms with Crippen LogP contribution >= 0.6 is 15.9 Å². The lowest BCUT2D eigenvalue weighted by Crippen LogP contribution is -1.87. The summed E-state index contributed by atoms with van der Waals surface area (Å²) in [5, 5.41) is 0. The van der Waals surface area contributed by atoms with Gasteiger partial charge >= 0.3 is 0 Å². The van der Waals surface area contributed by atoms with E-state index >= 15 is 0 Å². The molecule has 2 heterocycles. The Kier molecular flexibility index (Phi) is 1.68. The highest BCUT2D eigenvalue weighted by molar-refractivity contribution is 9.10. The van der Waals surface area contributed by atoms with Gasteiger partial charge in [0.25, 0.3) is 0 Å². The number of rotatable bonds is 0. The smallest absolute Gasteiger partial charge is 0.132 e. The van der Waals surface area contributed by atoms with Gasteiger partial charge in [-0.3, -0.25) is 0 Å². The van der Waals surface area contributed by atoms with Crippen molar-refractivity contribution in [1.82, 2.24) is 9.38 Å². The molecule has 0 aliphatic rings. The zero-order valence-electron chi connectivity index (χ0n) is 7.00. The fraction of sp³-hybridized carbons (Fsp3) is 0.222. The molecule has 0 N–H and O–H groups in total. The largest absolute Gasteiger partial charge is 0.302 e. The number of pyridine rings is 1. The minimum atomic E-state index is 0.917. The normalized spacial score (nSPS) is 10.9. The number of nitrogens with zero attached hydrogens (tertiary/aromatic N) is 2. The maximum absolute atomic E-state index is 4.31. The highest BCUT2D eigenvalue weighted by Crippen LogP contribution is 2.18. The van der Waals surface area contributed by atoms with Crippen LogP contribution in [0.2, 0.25) is 0 Å². The van der Waals surface area contributed by atoms with Gasteiger partial charge in [0.05, 0.1) is 5.52 Å². The average Bonchev–Trinajstić information content (AvgIpc) is 2.28. The van der Waals surface area contributed by atoms with E-state index < -0.39 is 0 Å². The number of imidazole rings is 1. The fourth-order valence-corrected chi connectivity index (χ4v) is 1.88. The summed E-state index contributed by atoms with van der Waals surface area (Å²) in [6.45, 7) is 4.07. The quantitative estimate of drug-likeness (QED) is 0.673. The van der Waals surface area contributed by atoms with E-state index in [4.69, 9.17) is 0 Å². The molecule has 62 valence electrons. The van der Waals surface area contributed by atoms with Crippen molar-refractivity contribution in [2.75, 3.05) is 0 Å². The molecule has 0 aliphatic carbocycles. The van der Waals surface area contributed by atoms with Crippen LogP contribution in [0.5, 0.6) is 0 Å². The highest BCUT2D eigenvalue weighted by Gasteiger charge is 2.03. The number of aryl methyl sites for hydroxylation is 2. The van der Waals surface area contributed by atoms with E-state index in [2.05, 4.69) is 50.6 Å². The van der Waals surface area contributed by atoms with Crippen molar-refractivity contribution in [3.05, 3.63) is 34.3 Å². The third-order valence-electron chi connectivity index (χ3n) is 1.92. The fourth-order valence-electron chi connectivity index (χ4n) is 1.30. The summed E-state index contributed by atoms with van der Waals surface area (Å²) < 4.78 is 3.00. The van der Waals surface area contributed by atoms with Crippen LogP contribution in [-0.2, 0) is 0 Å². The Morgan fingerprint density at radius 3 is 2.83 bits per heavy atom. The van der Waals surface area contributed by atoms with Crippen molar-refractivity contribution in [2.24, 2.45) is 0 Å². The summed E-state index contributed by atoms with van der Waals surface area (Å²) >= 11 is 3.41. The van der Waals surface area contributed by atoms with Gasteiger partial charge in [-0.1, -0.05) is 6.07 Å². The molecule has 0 aromatic carbocycles. The number of hydrogen-bond acceptors (Lipinski definition) is 1. The van der Waals surface area contributed by atoms with E-state index in [9.17, 15) is 0 Å². The predicted molar refractivity (Wildman–Crippen MR) is 52.4 cm³/mol. The van der Waals surface area contributed by atoms with E-state index in [0.29, 0.717) is 0 Å². The lowest BCUT2D eigenvalue weighted by Gasteiger charge is -1.97. The number of halogens is 1. The first-order valence-corrected chi connectivity index (χ1v) is 4.58. The summed E-state index contributed by atoms with van der Waals surface area (Å²) in [7, 11) is 0. The molecule has 0 atom stereocenters. The van der Waals surface area contributed by atoms with E-state index in [1.54, 1.807) is 0 Å². The van der Waals surface area contributed by atoms with Crippen LogP contribution in [0.4, 0.5) is 0 Å². The second-order valence-electron chi connectivity index (χ2n) is 2.91. The van der Waals surface area contributed by atoms with Gasteiger partial charge in [-0.2, -0.15) is 0 Å². The average molecular weight is 225 g/mol. The van der Waals surface area contributed by atoms with Crippen molar-refractivity contribution >= 4 is 21.4 Å². The van der Waals surface area contributed by atoms with Crippen LogP contribution < -0.4 is 0 Å². The lowest BCUT2D eigenvalue weighted by molar-refractivity contribution is 1.03. The first-order chi connectivity index (χ1) is 5.68. The molecule has 0 saturated carbocycles. The molecule has 0 spiro atoms. The molecule has 2 aromatic heterocycles. The molecule has 12 heavy (non-hydrogen) atoms. The minimum Gasteiger partial charge on any atom is -0.302 e. The van der Waals surface area contributed by atoms with Gasteiger partial charge in [0.1, 0.15) is 10.4 Å². The Morgan fingerprint density at radius 1 is 1.33 bits per heavy atom. The molecule has 2 rings (SSSR count). The Morgan fingerprint density at radius 2 is 2.08 bits per heavy atom. The van der Waals surface area contributed by atoms with Crippen molar-refractivity contribution in [2.45, 2.75) is 13.8 Å². The first kappa shape index (κ1) is 7.80. The molecule has 0 aliphatic heterocycles. The van der Waals surface area contributed by atoms with Crippen LogP contribution in [0.25, 0.3) is 5.52 Å². The second-order valence-corrected chi connectivity index (χ2v) is 3.66. The number of aromatic nitrogens is 2. The first-order valence-electron chi connectivity index (χ1n) is 3.79. The van der Waals surface area contributed by atoms with E-state index in [1.807, 2.05) is 6.92 Å². The van der Waals surface area contributed by atoms with Gasteiger partial charge in [0.15, 0.2) is 0 Å². The molecule has 3 heteroatoms. The lowest BCUT2D eigenvalue weighted by atomic mass is 10.3.